The SMILES string of the molecule is Cc1nc(CNC(=O)CN2c3cccc4cccc(c34)S2(=O)=O)oc1C. The van der Waals surface area contributed by atoms with Crippen LogP contribution < -0.4 is 9.62 Å². The Morgan fingerprint density at radius 3 is 2.62 bits per heavy atom. The Labute approximate surface area is 150 Å². The zero-order chi connectivity index (χ0) is 18.5. The van der Waals surface area contributed by atoms with Crippen LogP contribution in [0, 0.1) is 13.8 Å². The maximum atomic E-state index is 12.8. The Morgan fingerprint density at radius 1 is 1.19 bits per heavy atom. The monoisotopic (exact) mass is 371 g/mol. The fourth-order valence-corrected chi connectivity index (χ4v) is 4.77. The Hall–Kier alpha value is -2.87. The lowest BCUT2D eigenvalue weighted by Crippen LogP contribution is -2.38. The molecule has 7 nitrogen and oxygen atoms in total. The second kappa shape index (κ2) is 5.84. The molecule has 2 heterocycles. The zero-order valence-corrected chi connectivity index (χ0v) is 15.1. The molecule has 0 atom stereocenters. The quantitative estimate of drug-likeness (QED) is 0.759. The summed E-state index contributed by atoms with van der Waals surface area (Å²) >= 11 is 0. The summed E-state index contributed by atoms with van der Waals surface area (Å²) in [6.45, 7) is 3.43. The molecule has 2 aromatic carbocycles. The highest BCUT2D eigenvalue weighted by Crippen LogP contribution is 2.41. The van der Waals surface area contributed by atoms with Crippen LogP contribution in [-0.2, 0) is 21.4 Å². The number of oxazole rings is 1. The van der Waals surface area contributed by atoms with Crippen molar-refractivity contribution in [1.82, 2.24) is 10.3 Å². The summed E-state index contributed by atoms with van der Waals surface area (Å²) in [4.78, 5) is 16.8. The minimum absolute atomic E-state index is 0.110. The van der Waals surface area contributed by atoms with E-state index < -0.39 is 15.9 Å². The van der Waals surface area contributed by atoms with Gasteiger partial charge in [0, 0.05) is 5.39 Å². The third-order valence-electron chi connectivity index (χ3n) is 4.48. The van der Waals surface area contributed by atoms with E-state index in [1.54, 1.807) is 31.2 Å². The van der Waals surface area contributed by atoms with E-state index in [1.165, 1.54) is 0 Å². The number of sulfonamides is 1. The molecule has 0 aliphatic carbocycles. The van der Waals surface area contributed by atoms with Crippen LogP contribution in [0.4, 0.5) is 5.69 Å². The van der Waals surface area contributed by atoms with Crippen LogP contribution >= 0.6 is 0 Å². The predicted molar refractivity (Wildman–Crippen MR) is 96.3 cm³/mol. The molecule has 1 aromatic heterocycles. The van der Waals surface area contributed by atoms with E-state index in [1.807, 2.05) is 19.1 Å². The molecule has 26 heavy (non-hydrogen) atoms. The van der Waals surface area contributed by atoms with E-state index in [9.17, 15) is 13.2 Å². The minimum atomic E-state index is -3.75. The first-order chi connectivity index (χ1) is 12.4. The van der Waals surface area contributed by atoms with Gasteiger partial charge in [-0.1, -0.05) is 24.3 Å². The minimum Gasteiger partial charge on any atom is -0.444 e. The number of hydrogen-bond acceptors (Lipinski definition) is 5. The third-order valence-corrected chi connectivity index (χ3v) is 6.28. The molecule has 0 unspecified atom stereocenters. The highest BCUT2D eigenvalue weighted by molar-refractivity contribution is 7.93. The molecule has 1 N–H and O–H groups in total. The first-order valence-electron chi connectivity index (χ1n) is 8.12. The van der Waals surface area contributed by atoms with E-state index in [4.69, 9.17) is 4.42 Å². The van der Waals surface area contributed by atoms with Gasteiger partial charge in [-0.05, 0) is 31.4 Å². The van der Waals surface area contributed by atoms with Gasteiger partial charge < -0.3 is 9.73 Å². The Balaban J connectivity index is 1.57. The maximum absolute atomic E-state index is 12.8. The topological polar surface area (TPSA) is 92.5 Å². The molecule has 4 rings (SSSR count). The van der Waals surface area contributed by atoms with Crippen LogP contribution in [0.15, 0.2) is 45.7 Å². The summed E-state index contributed by atoms with van der Waals surface area (Å²) in [7, 11) is -3.75. The molecule has 8 heteroatoms. The highest BCUT2D eigenvalue weighted by atomic mass is 32.2. The number of aromatic nitrogens is 1. The van der Waals surface area contributed by atoms with Gasteiger partial charge in [0.05, 0.1) is 22.8 Å². The highest BCUT2D eigenvalue weighted by Gasteiger charge is 2.36. The van der Waals surface area contributed by atoms with Gasteiger partial charge in [-0.3, -0.25) is 9.10 Å². The molecule has 134 valence electrons. The molecule has 1 aliphatic rings. The lowest BCUT2D eigenvalue weighted by atomic mass is 10.1. The fraction of sp³-hybridized carbons (Fsp3) is 0.222. The van der Waals surface area contributed by atoms with E-state index in [2.05, 4.69) is 10.3 Å². The number of amides is 1. The second-order valence-corrected chi connectivity index (χ2v) is 8.00. The predicted octanol–water partition coefficient (Wildman–Crippen LogP) is 2.27. The van der Waals surface area contributed by atoms with E-state index >= 15 is 0 Å². The van der Waals surface area contributed by atoms with Crippen molar-refractivity contribution >= 4 is 32.4 Å². The first kappa shape index (κ1) is 16.6. The molecule has 1 aliphatic heterocycles. The Bertz CT molecular complexity index is 1110. The first-order valence-corrected chi connectivity index (χ1v) is 9.56. The summed E-state index contributed by atoms with van der Waals surface area (Å²) in [5, 5.41) is 4.15. The summed E-state index contributed by atoms with van der Waals surface area (Å²) < 4.78 is 32.2. The fourth-order valence-electron chi connectivity index (χ4n) is 3.10. The number of hydrogen-bond donors (Lipinski definition) is 1. The number of anilines is 1. The number of aryl methyl sites for hydroxylation is 2. The van der Waals surface area contributed by atoms with Gasteiger partial charge in [0.15, 0.2) is 0 Å². The molecule has 3 aromatic rings. The van der Waals surface area contributed by atoms with Gasteiger partial charge in [0.25, 0.3) is 10.0 Å². The van der Waals surface area contributed by atoms with E-state index in [-0.39, 0.29) is 18.0 Å². The smallest absolute Gasteiger partial charge is 0.265 e. The van der Waals surface area contributed by atoms with Gasteiger partial charge in [-0.25, -0.2) is 13.4 Å². The normalized spacial score (nSPS) is 14.8. The number of benzene rings is 2. The zero-order valence-electron chi connectivity index (χ0n) is 14.3. The number of carbonyl (C=O) groups excluding carboxylic acids is 1. The van der Waals surface area contributed by atoms with Crippen molar-refractivity contribution in [2.45, 2.75) is 25.3 Å². The van der Waals surface area contributed by atoms with Crippen LogP contribution in [0.1, 0.15) is 17.3 Å². The largest absolute Gasteiger partial charge is 0.444 e. The van der Waals surface area contributed by atoms with Crippen LogP contribution in [0.5, 0.6) is 0 Å². The Kier molecular flexibility index (Phi) is 3.73. The summed E-state index contributed by atoms with van der Waals surface area (Å²) in [6, 6.07) is 10.5. The molecule has 1 amide bonds. The van der Waals surface area contributed by atoms with Crippen LogP contribution in [0.3, 0.4) is 0 Å². The second-order valence-electron chi connectivity index (χ2n) is 6.17. The van der Waals surface area contributed by atoms with Crippen LogP contribution in [0.25, 0.3) is 10.8 Å². The standard InChI is InChI=1S/C18H17N3O4S/c1-11-12(2)25-17(20-11)9-19-16(22)10-21-14-7-3-5-13-6-4-8-15(18(13)14)26(21,23)24/h3-8H,9-10H2,1-2H3,(H,19,22). The maximum Gasteiger partial charge on any atom is 0.265 e. The molecule has 0 saturated heterocycles. The van der Waals surface area contributed by atoms with Gasteiger partial charge in [-0.15, -0.1) is 0 Å². The lowest BCUT2D eigenvalue weighted by Gasteiger charge is -2.18. The summed E-state index contributed by atoms with van der Waals surface area (Å²) in [6.07, 6.45) is 0. The van der Waals surface area contributed by atoms with Crippen molar-refractivity contribution in [1.29, 1.82) is 0 Å². The van der Waals surface area contributed by atoms with Crippen molar-refractivity contribution in [3.63, 3.8) is 0 Å². The molecule has 0 saturated carbocycles. The van der Waals surface area contributed by atoms with Crippen molar-refractivity contribution in [2.75, 3.05) is 10.8 Å². The van der Waals surface area contributed by atoms with Gasteiger partial charge in [-0.2, -0.15) is 0 Å². The lowest BCUT2D eigenvalue weighted by molar-refractivity contribution is -0.119. The molecule has 0 bridgehead atoms. The van der Waals surface area contributed by atoms with Crippen molar-refractivity contribution in [3.05, 3.63) is 53.7 Å². The molecule has 0 fully saturated rings. The average Bonchev–Trinajstić information content (AvgIpc) is 3.04. The molecular weight excluding hydrogens is 354 g/mol. The van der Waals surface area contributed by atoms with Crippen molar-refractivity contribution in [2.24, 2.45) is 0 Å². The summed E-state index contributed by atoms with van der Waals surface area (Å²) in [5.74, 6) is 0.661. The number of nitrogens with one attached hydrogen (secondary N) is 1. The van der Waals surface area contributed by atoms with Crippen LogP contribution in [-0.4, -0.2) is 25.9 Å². The average molecular weight is 371 g/mol. The van der Waals surface area contributed by atoms with Gasteiger partial charge in [0.1, 0.15) is 12.3 Å². The van der Waals surface area contributed by atoms with Gasteiger partial charge in [0.2, 0.25) is 11.8 Å². The van der Waals surface area contributed by atoms with Crippen LogP contribution in [0.2, 0.25) is 0 Å². The molecular formula is C18H17N3O4S. The Morgan fingerprint density at radius 2 is 1.92 bits per heavy atom. The number of carbonyl (C=O) groups is 1. The van der Waals surface area contributed by atoms with E-state index in [0.29, 0.717) is 22.7 Å². The number of nitrogens with zero attached hydrogens (tertiary/aromatic N) is 2. The van der Waals surface area contributed by atoms with Gasteiger partial charge >= 0.3 is 0 Å². The van der Waals surface area contributed by atoms with E-state index in [0.717, 1.165) is 15.4 Å². The molecule has 0 radical (unpaired) electrons. The number of rotatable bonds is 4. The molecule has 0 spiro atoms. The van der Waals surface area contributed by atoms with Crippen molar-refractivity contribution < 1.29 is 17.6 Å². The third kappa shape index (κ3) is 2.53. The van der Waals surface area contributed by atoms with Crippen molar-refractivity contribution in [3.8, 4) is 0 Å². The summed E-state index contributed by atoms with van der Waals surface area (Å²) in [5.41, 5.74) is 1.29.